The Bertz CT molecular complexity index is 409. The number of hydrogen-bond acceptors (Lipinski definition) is 3. The molecule has 1 rings (SSSR count). The zero-order valence-electron chi connectivity index (χ0n) is 8.57. The predicted octanol–water partition coefficient (Wildman–Crippen LogP) is 0.788. The fourth-order valence-electron chi connectivity index (χ4n) is 1.02. The van der Waals surface area contributed by atoms with Crippen molar-refractivity contribution < 1.29 is 18.7 Å². The highest BCUT2D eigenvalue weighted by molar-refractivity contribution is 5.95. The molecule has 0 unspecified atom stereocenters. The van der Waals surface area contributed by atoms with Crippen molar-refractivity contribution in [1.82, 2.24) is 5.32 Å². The molecule has 0 saturated carbocycles. The van der Waals surface area contributed by atoms with Gasteiger partial charge in [0, 0.05) is 6.07 Å². The fourth-order valence-corrected chi connectivity index (χ4v) is 1.02. The van der Waals surface area contributed by atoms with E-state index in [0.717, 1.165) is 6.07 Å². The number of halogens is 1. The molecule has 0 bridgehead atoms. The van der Waals surface area contributed by atoms with Crippen molar-refractivity contribution in [3.63, 3.8) is 0 Å². The normalized spacial score (nSPS) is 11.6. The van der Waals surface area contributed by atoms with E-state index in [0.29, 0.717) is 0 Å². The number of imide groups is 1. The minimum absolute atomic E-state index is 0.201. The first kappa shape index (κ1) is 12.0. The summed E-state index contributed by atoms with van der Waals surface area (Å²) < 4.78 is 17.9. The van der Waals surface area contributed by atoms with Gasteiger partial charge in [0.2, 0.25) is 0 Å². The summed E-state index contributed by atoms with van der Waals surface area (Å²) in [7, 11) is 0. The van der Waals surface area contributed by atoms with Crippen LogP contribution in [0.15, 0.2) is 24.3 Å². The lowest BCUT2D eigenvalue weighted by Gasteiger charge is -2.13. The molecule has 0 aliphatic heterocycles. The van der Waals surface area contributed by atoms with E-state index in [9.17, 15) is 14.0 Å². The van der Waals surface area contributed by atoms with E-state index in [1.165, 1.54) is 25.1 Å². The number of benzene rings is 1. The summed E-state index contributed by atoms with van der Waals surface area (Å²) in [5.41, 5.74) is 4.76. The van der Waals surface area contributed by atoms with Gasteiger partial charge in [-0.05, 0) is 19.1 Å². The van der Waals surface area contributed by atoms with Gasteiger partial charge >= 0.3 is 6.03 Å². The number of rotatable bonds is 3. The molecule has 16 heavy (non-hydrogen) atoms. The monoisotopic (exact) mass is 226 g/mol. The third-order valence-electron chi connectivity index (χ3n) is 1.72. The summed E-state index contributed by atoms with van der Waals surface area (Å²) in [5.74, 6) is -0.955. The number of nitrogens with two attached hydrogens (primary N) is 1. The zero-order chi connectivity index (χ0) is 12.1. The number of primary amides is 1. The lowest BCUT2D eigenvalue weighted by atomic mass is 10.3. The Morgan fingerprint density at radius 3 is 2.75 bits per heavy atom. The summed E-state index contributed by atoms with van der Waals surface area (Å²) in [4.78, 5) is 21.6. The Labute approximate surface area is 91.4 Å². The van der Waals surface area contributed by atoms with E-state index in [4.69, 9.17) is 10.5 Å². The molecule has 3 amide bonds. The van der Waals surface area contributed by atoms with Gasteiger partial charge in [0.25, 0.3) is 5.91 Å². The second kappa shape index (κ2) is 5.11. The van der Waals surface area contributed by atoms with Crippen LogP contribution in [0.25, 0.3) is 0 Å². The topological polar surface area (TPSA) is 81.4 Å². The number of carbonyl (C=O) groups excluding carboxylic acids is 2. The average Bonchev–Trinajstić information content (AvgIpc) is 2.16. The van der Waals surface area contributed by atoms with Crippen LogP contribution in [0.2, 0.25) is 0 Å². The molecule has 6 heteroatoms. The van der Waals surface area contributed by atoms with Gasteiger partial charge in [-0.1, -0.05) is 6.07 Å². The smallest absolute Gasteiger partial charge is 0.318 e. The van der Waals surface area contributed by atoms with Gasteiger partial charge in [0.15, 0.2) is 6.10 Å². The SMILES string of the molecule is C[C@@H](Oc1cccc(F)c1)C(=O)NC(N)=O. The van der Waals surface area contributed by atoms with Crippen LogP contribution >= 0.6 is 0 Å². The summed E-state index contributed by atoms with van der Waals surface area (Å²) in [6, 6.07) is 4.37. The molecule has 5 nitrogen and oxygen atoms in total. The average molecular weight is 226 g/mol. The van der Waals surface area contributed by atoms with E-state index < -0.39 is 23.9 Å². The van der Waals surface area contributed by atoms with Crippen molar-refractivity contribution in [3.8, 4) is 5.75 Å². The Hall–Kier alpha value is -2.11. The standard InChI is InChI=1S/C10H11FN2O3/c1-6(9(14)13-10(12)15)16-8-4-2-3-7(11)5-8/h2-6H,1H3,(H3,12,13,14,15)/t6-/m1/s1. The second-order valence-corrected chi connectivity index (χ2v) is 3.07. The minimum Gasteiger partial charge on any atom is -0.481 e. The van der Waals surface area contributed by atoms with Crippen LogP contribution in [-0.2, 0) is 4.79 Å². The van der Waals surface area contributed by atoms with Gasteiger partial charge < -0.3 is 10.5 Å². The molecule has 86 valence electrons. The molecule has 0 aliphatic carbocycles. The van der Waals surface area contributed by atoms with E-state index in [2.05, 4.69) is 0 Å². The molecule has 0 aliphatic rings. The van der Waals surface area contributed by atoms with Gasteiger partial charge in [-0.15, -0.1) is 0 Å². The molecule has 0 radical (unpaired) electrons. The third-order valence-corrected chi connectivity index (χ3v) is 1.72. The van der Waals surface area contributed by atoms with Crippen LogP contribution in [0.3, 0.4) is 0 Å². The van der Waals surface area contributed by atoms with Crippen LogP contribution < -0.4 is 15.8 Å². The first-order chi connectivity index (χ1) is 7.49. The summed E-state index contributed by atoms with van der Waals surface area (Å²) in [5, 5.41) is 1.86. The van der Waals surface area contributed by atoms with E-state index in [1.54, 1.807) is 0 Å². The molecule has 0 heterocycles. The maximum atomic E-state index is 12.8. The maximum Gasteiger partial charge on any atom is 0.318 e. The molecule has 0 spiro atoms. The first-order valence-corrected chi connectivity index (χ1v) is 4.51. The molecule has 1 aromatic carbocycles. The maximum absolute atomic E-state index is 12.8. The predicted molar refractivity (Wildman–Crippen MR) is 54.2 cm³/mol. The van der Waals surface area contributed by atoms with Gasteiger partial charge in [-0.2, -0.15) is 0 Å². The van der Waals surface area contributed by atoms with Gasteiger partial charge in [-0.25, -0.2) is 9.18 Å². The van der Waals surface area contributed by atoms with Crippen LogP contribution in [-0.4, -0.2) is 18.0 Å². The number of ether oxygens (including phenoxy) is 1. The third kappa shape index (κ3) is 3.56. The number of nitrogens with one attached hydrogen (secondary N) is 1. The van der Waals surface area contributed by atoms with E-state index in [-0.39, 0.29) is 5.75 Å². The zero-order valence-corrected chi connectivity index (χ0v) is 8.57. The van der Waals surface area contributed by atoms with Gasteiger partial charge in [0.05, 0.1) is 0 Å². The molecular weight excluding hydrogens is 215 g/mol. The summed E-state index contributed by atoms with van der Waals surface area (Å²) >= 11 is 0. The molecule has 3 N–H and O–H groups in total. The van der Waals surface area contributed by atoms with Gasteiger partial charge in [-0.3, -0.25) is 10.1 Å². The molecule has 0 aromatic heterocycles. The minimum atomic E-state index is -0.959. The quantitative estimate of drug-likeness (QED) is 0.799. The largest absolute Gasteiger partial charge is 0.481 e. The molecule has 0 saturated heterocycles. The van der Waals surface area contributed by atoms with E-state index >= 15 is 0 Å². The highest BCUT2D eigenvalue weighted by Crippen LogP contribution is 2.13. The molecular formula is C10H11FN2O3. The van der Waals surface area contributed by atoms with Gasteiger partial charge in [0.1, 0.15) is 11.6 Å². The van der Waals surface area contributed by atoms with Crippen molar-refractivity contribution >= 4 is 11.9 Å². The Morgan fingerprint density at radius 1 is 1.50 bits per heavy atom. The molecule has 1 atom stereocenters. The molecule has 1 aromatic rings. The van der Waals surface area contributed by atoms with Crippen LogP contribution in [0.5, 0.6) is 5.75 Å². The Kier molecular flexibility index (Phi) is 3.82. The van der Waals surface area contributed by atoms with E-state index in [1.807, 2.05) is 5.32 Å². The number of carbonyl (C=O) groups is 2. The Morgan fingerprint density at radius 2 is 2.19 bits per heavy atom. The molecule has 0 fully saturated rings. The first-order valence-electron chi connectivity index (χ1n) is 4.51. The summed E-state index contributed by atoms with van der Waals surface area (Å²) in [6.45, 7) is 1.42. The number of hydrogen-bond donors (Lipinski definition) is 2. The second-order valence-electron chi connectivity index (χ2n) is 3.07. The van der Waals surface area contributed by atoms with Crippen LogP contribution in [0.4, 0.5) is 9.18 Å². The van der Waals surface area contributed by atoms with Crippen molar-refractivity contribution in [3.05, 3.63) is 30.1 Å². The van der Waals surface area contributed by atoms with Crippen LogP contribution in [0.1, 0.15) is 6.92 Å². The summed E-state index contributed by atoms with van der Waals surface area (Å²) in [6.07, 6.45) is -0.936. The lowest BCUT2D eigenvalue weighted by molar-refractivity contribution is -0.126. The van der Waals surface area contributed by atoms with Crippen LogP contribution in [0, 0.1) is 5.82 Å². The van der Waals surface area contributed by atoms with Crippen molar-refractivity contribution in [1.29, 1.82) is 0 Å². The highest BCUT2D eigenvalue weighted by Gasteiger charge is 2.16. The highest BCUT2D eigenvalue weighted by atomic mass is 19.1. The van der Waals surface area contributed by atoms with Crippen molar-refractivity contribution in [2.24, 2.45) is 5.73 Å². The van der Waals surface area contributed by atoms with Crippen molar-refractivity contribution in [2.45, 2.75) is 13.0 Å². The Balaban J connectivity index is 2.60. The fraction of sp³-hybridized carbons (Fsp3) is 0.200. The van der Waals surface area contributed by atoms with Crippen molar-refractivity contribution in [2.75, 3.05) is 0 Å². The lowest BCUT2D eigenvalue weighted by Crippen LogP contribution is -2.42. The number of urea groups is 1. The number of amides is 3.